The number of rotatable bonds is 4. The average molecular weight is 304 g/mol. The van der Waals surface area contributed by atoms with Crippen molar-refractivity contribution in [2.45, 2.75) is 19.4 Å². The van der Waals surface area contributed by atoms with Gasteiger partial charge in [0, 0.05) is 24.0 Å². The van der Waals surface area contributed by atoms with Gasteiger partial charge in [-0.05, 0) is 13.8 Å². The van der Waals surface area contributed by atoms with E-state index in [2.05, 4.69) is 20.9 Å². The summed E-state index contributed by atoms with van der Waals surface area (Å²) >= 11 is 3.33. The molecule has 0 aliphatic carbocycles. The molecule has 0 bridgehead atoms. The van der Waals surface area contributed by atoms with Crippen LogP contribution in [0.1, 0.15) is 24.3 Å². The van der Waals surface area contributed by atoms with E-state index in [0.717, 1.165) is 0 Å². The molecule has 17 heavy (non-hydrogen) atoms. The average Bonchev–Trinajstić information content (AvgIpc) is 2.76. The molecular weight excluding hydrogens is 290 g/mol. The van der Waals surface area contributed by atoms with Crippen LogP contribution < -0.4 is 0 Å². The smallest absolute Gasteiger partial charge is 0.287 e. The number of hydrogen-bond acceptors (Lipinski definition) is 3. The number of nitrogens with one attached hydrogen (secondary N) is 1. The molecule has 1 N–H and O–H groups in total. The highest BCUT2D eigenvalue weighted by Gasteiger charge is 2.28. The molecule has 0 saturated heterocycles. The van der Waals surface area contributed by atoms with Gasteiger partial charge in [0.25, 0.3) is 11.6 Å². The molecule has 1 heterocycles. The van der Waals surface area contributed by atoms with Crippen molar-refractivity contribution in [3.05, 3.63) is 28.1 Å². The molecule has 0 fully saturated rings. The van der Waals surface area contributed by atoms with Gasteiger partial charge in [0.05, 0.1) is 11.1 Å². The summed E-state index contributed by atoms with van der Waals surface area (Å²) in [6.07, 6.45) is 1.21. The first-order valence-corrected chi connectivity index (χ1v) is 6.08. The lowest BCUT2D eigenvalue weighted by molar-refractivity contribution is -0.384. The molecule has 0 spiro atoms. The Morgan fingerprint density at radius 1 is 1.65 bits per heavy atom. The van der Waals surface area contributed by atoms with Crippen LogP contribution in [0.3, 0.4) is 0 Å². The molecule has 0 aromatic carbocycles. The minimum Gasteiger partial charge on any atom is -0.351 e. The number of nitrogens with zero attached hydrogens (tertiary/aromatic N) is 2. The standard InChI is InChI=1S/C10H14BrN3O3/c1-10(2,6-11)13(3)9(15)8-4-7(5-12-8)14(16)17/h4-5,12H,6H2,1-3H3. The van der Waals surface area contributed by atoms with Gasteiger partial charge in [-0.3, -0.25) is 14.9 Å². The van der Waals surface area contributed by atoms with Crippen molar-refractivity contribution in [2.75, 3.05) is 12.4 Å². The quantitative estimate of drug-likeness (QED) is 0.526. The summed E-state index contributed by atoms with van der Waals surface area (Å²) in [6, 6.07) is 1.24. The van der Waals surface area contributed by atoms with Crippen molar-refractivity contribution in [3.8, 4) is 0 Å². The number of H-pyrrole nitrogens is 1. The molecule has 6 nitrogen and oxygen atoms in total. The lowest BCUT2D eigenvalue weighted by atomic mass is 10.1. The Hall–Kier alpha value is -1.37. The molecule has 0 atom stereocenters. The number of alkyl halides is 1. The topological polar surface area (TPSA) is 79.2 Å². The maximum absolute atomic E-state index is 12.0. The number of carbonyl (C=O) groups excluding carboxylic acids is 1. The third-order valence-corrected chi connectivity index (χ3v) is 4.02. The third-order valence-electron chi connectivity index (χ3n) is 2.65. The number of aromatic amines is 1. The number of carbonyl (C=O) groups is 1. The first-order chi connectivity index (χ1) is 7.79. The van der Waals surface area contributed by atoms with E-state index in [1.54, 1.807) is 7.05 Å². The molecule has 94 valence electrons. The summed E-state index contributed by atoms with van der Waals surface area (Å²) in [7, 11) is 1.66. The highest BCUT2D eigenvalue weighted by atomic mass is 79.9. The fourth-order valence-corrected chi connectivity index (χ4v) is 1.53. The molecule has 0 saturated carbocycles. The van der Waals surface area contributed by atoms with E-state index in [4.69, 9.17) is 0 Å². The van der Waals surface area contributed by atoms with E-state index in [1.165, 1.54) is 17.2 Å². The monoisotopic (exact) mass is 303 g/mol. The number of halogens is 1. The molecule has 0 unspecified atom stereocenters. The Balaban J connectivity index is 2.93. The fourth-order valence-electron chi connectivity index (χ4n) is 1.16. The normalized spacial score (nSPS) is 11.3. The molecule has 0 aliphatic heterocycles. The highest BCUT2D eigenvalue weighted by molar-refractivity contribution is 9.09. The van der Waals surface area contributed by atoms with Crippen LogP contribution in [0.25, 0.3) is 0 Å². The van der Waals surface area contributed by atoms with Gasteiger partial charge in [-0.1, -0.05) is 15.9 Å². The zero-order chi connectivity index (χ0) is 13.2. The van der Waals surface area contributed by atoms with Crippen LogP contribution in [0.4, 0.5) is 5.69 Å². The van der Waals surface area contributed by atoms with Crippen molar-refractivity contribution in [3.63, 3.8) is 0 Å². The Kier molecular flexibility index (Phi) is 3.92. The van der Waals surface area contributed by atoms with E-state index in [-0.39, 0.29) is 22.8 Å². The summed E-state index contributed by atoms with van der Waals surface area (Å²) in [5.41, 5.74) is -0.261. The maximum Gasteiger partial charge on any atom is 0.287 e. The number of hydrogen-bond donors (Lipinski definition) is 1. The summed E-state index contributed by atoms with van der Waals surface area (Å²) in [5.74, 6) is -0.275. The Morgan fingerprint density at radius 3 is 2.65 bits per heavy atom. The van der Waals surface area contributed by atoms with E-state index >= 15 is 0 Å². The second kappa shape index (κ2) is 4.87. The molecule has 1 rings (SSSR count). The van der Waals surface area contributed by atoms with E-state index in [9.17, 15) is 14.9 Å². The third kappa shape index (κ3) is 2.85. The fraction of sp³-hybridized carbons (Fsp3) is 0.500. The van der Waals surface area contributed by atoms with Gasteiger partial charge < -0.3 is 9.88 Å². The van der Waals surface area contributed by atoms with Crippen LogP contribution in [-0.4, -0.2) is 38.6 Å². The van der Waals surface area contributed by atoms with Crippen LogP contribution >= 0.6 is 15.9 Å². The van der Waals surface area contributed by atoms with Crippen LogP contribution in [0, 0.1) is 10.1 Å². The van der Waals surface area contributed by atoms with Crippen molar-refractivity contribution < 1.29 is 9.72 Å². The number of nitro groups is 1. The summed E-state index contributed by atoms with van der Waals surface area (Å²) in [5, 5.41) is 11.1. The van der Waals surface area contributed by atoms with E-state index in [1.807, 2.05) is 13.8 Å². The number of amides is 1. The summed E-state index contributed by atoms with van der Waals surface area (Å²) in [6.45, 7) is 3.80. The molecule has 1 aromatic rings. The predicted octanol–water partition coefficient (Wildman–Crippen LogP) is 2.17. The molecule has 7 heteroatoms. The van der Waals surface area contributed by atoms with Gasteiger partial charge in [-0.2, -0.15) is 0 Å². The second-order valence-electron chi connectivity index (χ2n) is 4.34. The van der Waals surface area contributed by atoms with Gasteiger partial charge >= 0.3 is 0 Å². The SMILES string of the molecule is CN(C(=O)c1cc([N+](=O)[O-])c[nH]1)C(C)(C)CBr. The van der Waals surface area contributed by atoms with Crippen molar-refractivity contribution >= 4 is 27.5 Å². The summed E-state index contributed by atoms with van der Waals surface area (Å²) in [4.78, 5) is 26.2. The molecule has 0 radical (unpaired) electrons. The van der Waals surface area contributed by atoms with Gasteiger partial charge in [0.1, 0.15) is 5.69 Å². The van der Waals surface area contributed by atoms with Crippen molar-refractivity contribution in [2.24, 2.45) is 0 Å². The largest absolute Gasteiger partial charge is 0.351 e. The maximum atomic E-state index is 12.0. The van der Waals surface area contributed by atoms with Gasteiger partial charge in [0.2, 0.25) is 0 Å². The zero-order valence-corrected chi connectivity index (χ0v) is 11.4. The van der Waals surface area contributed by atoms with E-state index in [0.29, 0.717) is 5.33 Å². The Morgan fingerprint density at radius 2 is 2.24 bits per heavy atom. The van der Waals surface area contributed by atoms with Crippen LogP contribution in [0.5, 0.6) is 0 Å². The van der Waals surface area contributed by atoms with E-state index < -0.39 is 4.92 Å². The van der Waals surface area contributed by atoms with Crippen molar-refractivity contribution in [1.29, 1.82) is 0 Å². The van der Waals surface area contributed by atoms with Gasteiger partial charge in [0.15, 0.2) is 0 Å². The lowest BCUT2D eigenvalue weighted by Gasteiger charge is -2.33. The van der Waals surface area contributed by atoms with Crippen LogP contribution in [0.15, 0.2) is 12.3 Å². The zero-order valence-electron chi connectivity index (χ0n) is 9.86. The van der Waals surface area contributed by atoms with Gasteiger partial charge in [-0.25, -0.2) is 0 Å². The first kappa shape index (κ1) is 13.7. The molecule has 1 aromatic heterocycles. The predicted molar refractivity (Wildman–Crippen MR) is 67.4 cm³/mol. The number of aromatic nitrogens is 1. The summed E-state index contributed by atoms with van der Waals surface area (Å²) < 4.78 is 0. The lowest BCUT2D eigenvalue weighted by Crippen LogP contribution is -2.46. The minimum atomic E-state index is -0.539. The highest BCUT2D eigenvalue weighted by Crippen LogP contribution is 2.20. The van der Waals surface area contributed by atoms with Crippen LogP contribution in [0.2, 0.25) is 0 Å². The Labute approximate surface area is 107 Å². The molecular formula is C10H14BrN3O3. The molecule has 1 amide bonds. The molecule has 0 aliphatic rings. The first-order valence-electron chi connectivity index (χ1n) is 4.96. The second-order valence-corrected chi connectivity index (χ2v) is 4.90. The van der Waals surface area contributed by atoms with Crippen molar-refractivity contribution in [1.82, 2.24) is 9.88 Å². The Bertz CT molecular complexity index is 442. The van der Waals surface area contributed by atoms with Crippen LogP contribution in [-0.2, 0) is 0 Å². The van der Waals surface area contributed by atoms with Gasteiger partial charge in [-0.15, -0.1) is 0 Å². The minimum absolute atomic E-state index is 0.113.